The van der Waals surface area contributed by atoms with Gasteiger partial charge in [0, 0.05) is 10.6 Å². The number of fused-ring (bicyclic) bond motifs is 1. The molecule has 2 atom stereocenters. The lowest BCUT2D eigenvalue weighted by Crippen LogP contribution is -2.39. The van der Waals surface area contributed by atoms with Crippen LogP contribution in [0.1, 0.15) is 25.3 Å². The van der Waals surface area contributed by atoms with Gasteiger partial charge in [0.1, 0.15) is 12.3 Å². The third-order valence-electron chi connectivity index (χ3n) is 5.52. The molecule has 0 aliphatic carbocycles. The number of nitrogens with zero attached hydrogens (tertiary/aromatic N) is 6. The van der Waals surface area contributed by atoms with Gasteiger partial charge in [-0.15, -0.1) is 0 Å². The highest BCUT2D eigenvalue weighted by Gasteiger charge is 2.55. The quantitative estimate of drug-likeness (QED) is 0.490. The van der Waals surface area contributed by atoms with E-state index in [-0.39, 0.29) is 18.5 Å². The van der Waals surface area contributed by atoms with E-state index in [1.807, 2.05) is 45.0 Å². The predicted octanol–water partition coefficient (Wildman–Crippen LogP) is 3.98. The first kappa shape index (κ1) is 22.0. The van der Waals surface area contributed by atoms with E-state index in [1.54, 1.807) is 18.2 Å². The van der Waals surface area contributed by atoms with Gasteiger partial charge in [0.15, 0.2) is 12.1 Å². The predicted molar refractivity (Wildman–Crippen MR) is 122 cm³/mol. The van der Waals surface area contributed by atoms with Gasteiger partial charge in [-0.2, -0.15) is 10.1 Å². The molecule has 2 amide bonds. The number of ether oxygens (including phenoxy) is 1. The van der Waals surface area contributed by atoms with Crippen LogP contribution in [-0.4, -0.2) is 45.2 Å². The molecule has 174 valence electrons. The van der Waals surface area contributed by atoms with Crippen molar-refractivity contribution >= 4 is 29.1 Å². The van der Waals surface area contributed by atoms with Crippen LogP contribution in [0.2, 0.25) is 5.02 Å². The van der Waals surface area contributed by atoms with Crippen molar-refractivity contribution in [2.75, 3.05) is 4.90 Å². The SMILES string of the molecule is Cc1ccc(N2C(=O)C3N=NN(Cc4nc(-c5ccc(OC(C)C)cc5)no4)C3C2=O)cc1Cl. The lowest BCUT2D eigenvalue weighted by molar-refractivity contribution is -0.123. The fourth-order valence-corrected chi connectivity index (χ4v) is 4.03. The summed E-state index contributed by atoms with van der Waals surface area (Å²) in [5, 5.41) is 13.9. The van der Waals surface area contributed by atoms with Crippen molar-refractivity contribution in [1.29, 1.82) is 0 Å². The van der Waals surface area contributed by atoms with E-state index < -0.39 is 23.9 Å². The van der Waals surface area contributed by atoms with Crippen LogP contribution in [0, 0.1) is 6.92 Å². The molecule has 10 nitrogen and oxygen atoms in total. The number of carbonyl (C=O) groups is 2. The molecule has 1 fully saturated rings. The zero-order chi connectivity index (χ0) is 24.0. The topological polar surface area (TPSA) is 113 Å². The Bertz CT molecular complexity index is 1290. The summed E-state index contributed by atoms with van der Waals surface area (Å²) in [6, 6.07) is 10.6. The van der Waals surface area contributed by atoms with Gasteiger partial charge in [-0.3, -0.25) is 14.6 Å². The Morgan fingerprint density at radius 3 is 2.59 bits per heavy atom. The van der Waals surface area contributed by atoms with Crippen molar-refractivity contribution in [3.8, 4) is 17.1 Å². The minimum Gasteiger partial charge on any atom is -0.491 e. The Balaban J connectivity index is 1.31. The molecule has 11 heteroatoms. The molecule has 2 aliphatic heterocycles. The third kappa shape index (κ3) is 3.90. The number of amides is 2. The van der Waals surface area contributed by atoms with Crippen molar-refractivity contribution in [2.45, 2.75) is 45.5 Å². The van der Waals surface area contributed by atoms with Gasteiger partial charge in [0.25, 0.3) is 11.8 Å². The largest absolute Gasteiger partial charge is 0.491 e. The van der Waals surface area contributed by atoms with Gasteiger partial charge in [-0.25, -0.2) is 4.90 Å². The first-order valence-electron chi connectivity index (χ1n) is 10.7. The van der Waals surface area contributed by atoms with E-state index in [1.165, 1.54) is 5.01 Å². The van der Waals surface area contributed by atoms with Crippen molar-refractivity contribution in [3.05, 3.63) is 58.9 Å². The fourth-order valence-electron chi connectivity index (χ4n) is 3.86. The maximum absolute atomic E-state index is 13.2. The molecule has 2 aromatic carbocycles. The van der Waals surface area contributed by atoms with Crippen LogP contribution in [0.4, 0.5) is 5.69 Å². The smallest absolute Gasteiger partial charge is 0.263 e. The minimum atomic E-state index is -0.927. The summed E-state index contributed by atoms with van der Waals surface area (Å²) >= 11 is 6.19. The van der Waals surface area contributed by atoms with Crippen molar-refractivity contribution in [1.82, 2.24) is 15.1 Å². The summed E-state index contributed by atoms with van der Waals surface area (Å²) in [7, 11) is 0. The summed E-state index contributed by atoms with van der Waals surface area (Å²) in [5.41, 5.74) is 2.00. The van der Waals surface area contributed by atoms with Crippen LogP contribution in [0.3, 0.4) is 0 Å². The molecule has 0 spiro atoms. The zero-order valence-corrected chi connectivity index (χ0v) is 19.4. The van der Waals surface area contributed by atoms with Gasteiger partial charge < -0.3 is 9.26 Å². The maximum atomic E-state index is 13.2. The second-order valence-electron chi connectivity index (χ2n) is 8.34. The molecule has 34 heavy (non-hydrogen) atoms. The van der Waals surface area contributed by atoms with Gasteiger partial charge in [0.2, 0.25) is 11.7 Å². The number of hydrogen-bond acceptors (Lipinski definition) is 9. The van der Waals surface area contributed by atoms with E-state index in [9.17, 15) is 9.59 Å². The summed E-state index contributed by atoms with van der Waals surface area (Å²) < 4.78 is 11.0. The van der Waals surface area contributed by atoms with Gasteiger partial charge >= 0.3 is 0 Å². The summed E-state index contributed by atoms with van der Waals surface area (Å²) in [5.74, 6) is 0.504. The average molecular weight is 481 g/mol. The molecule has 0 saturated carbocycles. The van der Waals surface area contributed by atoms with E-state index in [2.05, 4.69) is 20.5 Å². The molecule has 0 radical (unpaired) electrons. The van der Waals surface area contributed by atoms with Crippen LogP contribution in [0.25, 0.3) is 11.4 Å². The Morgan fingerprint density at radius 2 is 1.88 bits per heavy atom. The van der Waals surface area contributed by atoms with Crippen LogP contribution in [0.15, 0.2) is 57.3 Å². The Morgan fingerprint density at radius 1 is 1.12 bits per heavy atom. The number of hydrogen-bond donors (Lipinski definition) is 0. The average Bonchev–Trinajstić information content (AvgIpc) is 3.49. The van der Waals surface area contributed by atoms with Crippen LogP contribution in [0.5, 0.6) is 5.75 Å². The summed E-state index contributed by atoms with van der Waals surface area (Å²) in [6.07, 6.45) is 0.0742. The number of benzene rings is 2. The second kappa shape index (κ2) is 8.53. The second-order valence-corrected chi connectivity index (χ2v) is 8.75. The normalized spacial score (nSPS) is 19.4. The van der Waals surface area contributed by atoms with Gasteiger partial charge in [0.05, 0.1) is 11.8 Å². The monoisotopic (exact) mass is 480 g/mol. The minimum absolute atomic E-state index is 0.0354. The van der Waals surface area contributed by atoms with E-state index in [0.717, 1.165) is 21.8 Å². The van der Waals surface area contributed by atoms with Gasteiger partial charge in [-0.1, -0.05) is 28.0 Å². The first-order valence-corrected chi connectivity index (χ1v) is 11.1. The number of anilines is 1. The van der Waals surface area contributed by atoms with Crippen molar-refractivity contribution < 1.29 is 18.8 Å². The van der Waals surface area contributed by atoms with Crippen LogP contribution in [-0.2, 0) is 16.1 Å². The lowest BCUT2D eigenvalue weighted by atomic mass is 10.1. The molecule has 2 aliphatic rings. The molecule has 2 unspecified atom stereocenters. The Kier molecular flexibility index (Phi) is 5.52. The standard InChI is InChI=1S/C23H21ClN6O4/c1-12(2)33-16-8-5-14(6-9-16)21-25-18(34-27-21)11-29-20-19(26-28-29)22(31)30(23(20)32)15-7-4-13(3)17(24)10-15/h4-10,12,19-20H,11H2,1-3H3. The van der Waals surface area contributed by atoms with Crippen molar-refractivity contribution in [2.24, 2.45) is 10.3 Å². The number of aryl methyl sites for hydroxylation is 1. The number of carbonyl (C=O) groups excluding carboxylic acids is 2. The third-order valence-corrected chi connectivity index (χ3v) is 5.93. The Labute approximate surface area is 200 Å². The summed E-state index contributed by atoms with van der Waals surface area (Å²) in [4.78, 5) is 31.6. The van der Waals surface area contributed by atoms with Gasteiger partial charge in [-0.05, 0) is 62.7 Å². The molecule has 3 aromatic rings. The van der Waals surface area contributed by atoms with E-state index in [4.69, 9.17) is 20.9 Å². The maximum Gasteiger partial charge on any atom is 0.263 e. The van der Waals surface area contributed by atoms with Crippen molar-refractivity contribution in [3.63, 3.8) is 0 Å². The molecular weight excluding hydrogens is 460 g/mol. The molecule has 3 heterocycles. The molecular formula is C23H21ClN6O4. The number of rotatable bonds is 6. The molecule has 0 N–H and O–H groups in total. The number of aromatic nitrogens is 2. The van der Waals surface area contributed by atoms with E-state index >= 15 is 0 Å². The van der Waals surface area contributed by atoms with Crippen LogP contribution < -0.4 is 9.64 Å². The zero-order valence-electron chi connectivity index (χ0n) is 18.7. The number of halogens is 1. The fraction of sp³-hybridized carbons (Fsp3) is 0.304. The number of imide groups is 1. The van der Waals surface area contributed by atoms with Crippen LogP contribution >= 0.6 is 11.6 Å². The first-order chi connectivity index (χ1) is 16.3. The molecule has 0 bridgehead atoms. The van der Waals surface area contributed by atoms with E-state index in [0.29, 0.717) is 16.5 Å². The molecule has 1 saturated heterocycles. The Hall–Kier alpha value is -3.79. The highest BCUT2D eigenvalue weighted by molar-refractivity contribution is 6.32. The molecule has 5 rings (SSSR count). The lowest BCUT2D eigenvalue weighted by Gasteiger charge is -2.19. The highest BCUT2D eigenvalue weighted by atomic mass is 35.5. The highest BCUT2D eigenvalue weighted by Crippen LogP contribution is 2.34. The molecule has 1 aromatic heterocycles. The summed E-state index contributed by atoms with van der Waals surface area (Å²) in [6.45, 7) is 5.79.